The normalized spacial score (nSPS) is 14.2. The highest BCUT2D eigenvalue weighted by molar-refractivity contribution is 5.79. The van der Waals surface area contributed by atoms with E-state index in [2.05, 4.69) is 25.9 Å². The number of nitrogens with one attached hydrogen (secondary N) is 3. The van der Waals surface area contributed by atoms with Crippen molar-refractivity contribution in [2.75, 3.05) is 23.7 Å². The van der Waals surface area contributed by atoms with Crippen LogP contribution < -0.4 is 16.0 Å². The van der Waals surface area contributed by atoms with Crippen molar-refractivity contribution in [2.24, 2.45) is 0 Å². The molecular formula is C23H26FN7. The monoisotopic (exact) mass is 419 g/mol. The third kappa shape index (κ3) is 4.34. The number of imidazole rings is 1. The quantitative estimate of drug-likeness (QED) is 0.442. The Kier molecular flexibility index (Phi) is 6.08. The zero-order chi connectivity index (χ0) is 20.3. The summed E-state index contributed by atoms with van der Waals surface area (Å²) in [6.07, 6.45) is 3.76. The average Bonchev–Trinajstić information content (AvgIpc) is 3.14. The Labute approximate surface area is 180 Å². The first kappa shape index (κ1) is 20.7. The molecule has 3 N–H and O–H groups in total. The smallest absolute Gasteiger partial charge is 0.224 e. The number of anilines is 3. The van der Waals surface area contributed by atoms with Crippen molar-refractivity contribution >= 4 is 28.7 Å². The number of halogens is 1. The molecule has 0 spiro atoms. The molecule has 7 nitrogen and oxygen atoms in total. The summed E-state index contributed by atoms with van der Waals surface area (Å²) in [6, 6.07) is 16.7. The number of benzene rings is 2. The molecule has 0 saturated carbocycles. The van der Waals surface area contributed by atoms with Crippen LogP contribution in [0.3, 0.4) is 0 Å². The second-order valence-corrected chi connectivity index (χ2v) is 7.28. The van der Waals surface area contributed by atoms with E-state index >= 15 is 0 Å². The van der Waals surface area contributed by atoms with Crippen LogP contribution in [0.1, 0.15) is 20.3 Å². The number of hydrogen-bond donors (Lipinski definition) is 3. The largest absolute Gasteiger partial charge is 0.351 e. The van der Waals surface area contributed by atoms with Crippen molar-refractivity contribution in [3.05, 3.63) is 66.6 Å². The van der Waals surface area contributed by atoms with Crippen LogP contribution in [-0.4, -0.2) is 38.7 Å². The summed E-state index contributed by atoms with van der Waals surface area (Å²) in [5.41, 5.74) is 2.52. The van der Waals surface area contributed by atoms with Crippen LogP contribution in [-0.2, 0) is 0 Å². The number of para-hydroxylation sites is 2. The van der Waals surface area contributed by atoms with Gasteiger partial charge in [0.05, 0.1) is 17.6 Å². The Morgan fingerprint density at radius 3 is 2.48 bits per heavy atom. The minimum Gasteiger partial charge on any atom is -0.351 e. The summed E-state index contributed by atoms with van der Waals surface area (Å²) in [4.78, 5) is 13.8. The van der Waals surface area contributed by atoms with Gasteiger partial charge in [0.25, 0.3) is 0 Å². The van der Waals surface area contributed by atoms with E-state index in [9.17, 15) is 4.39 Å². The van der Waals surface area contributed by atoms with E-state index in [1.54, 1.807) is 24.4 Å². The van der Waals surface area contributed by atoms with E-state index in [0.717, 1.165) is 31.6 Å². The molecule has 0 radical (unpaired) electrons. The van der Waals surface area contributed by atoms with Gasteiger partial charge in [0, 0.05) is 6.04 Å². The standard InChI is InChI=1S/C22H22FN7.CH4/c23-17-8-4-5-9-18(17)27-22-28-19-14-25-21(26-15-10-12-24-13-11-15)29-20(19)30(22)16-6-2-1-3-7-16;/h1-9,14-15,24H,10-13H2,(H,27,28)(H,25,26,29);1H4. The molecule has 1 aliphatic rings. The fourth-order valence-electron chi connectivity index (χ4n) is 3.68. The summed E-state index contributed by atoms with van der Waals surface area (Å²) < 4.78 is 16.1. The van der Waals surface area contributed by atoms with Gasteiger partial charge in [-0.1, -0.05) is 37.8 Å². The van der Waals surface area contributed by atoms with Crippen LogP contribution in [0.4, 0.5) is 22.0 Å². The molecule has 0 bridgehead atoms. The minimum atomic E-state index is -0.344. The number of nitrogens with zero attached hydrogens (tertiary/aromatic N) is 4. The first-order valence-corrected chi connectivity index (χ1v) is 10.1. The Balaban J connectivity index is 0.00000231. The fourth-order valence-corrected chi connectivity index (χ4v) is 3.68. The van der Waals surface area contributed by atoms with Crippen molar-refractivity contribution in [1.82, 2.24) is 24.8 Å². The maximum absolute atomic E-state index is 14.2. The van der Waals surface area contributed by atoms with Crippen LogP contribution in [0.5, 0.6) is 0 Å². The van der Waals surface area contributed by atoms with Gasteiger partial charge in [0.2, 0.25) is 11.9 Å². The first-order chi connectivity index (χ1) is 14.8. The maximum Gasteiger partial charge on any atom is 0.224 e. The summed E-state index contributed by atoms with van der Waals surface area (Å²) in [7, 11) is 0. The molecule has 0 aliphatic carbocycles. The lowest BCUT2D eigenvalue weighted by Gasteiger charge is -2.23. The molecule has 0 amide bonds. The molecule has 5 rings (SSSR count). The molecule has 1 fully saturated rings. The minimum absolute atomic E-state index is 0. The second kappa shape index (κ2) is 9.09. The molecule has 4 aromatic rings. The Morgan fingerprint density at radius 1 is 0.968 bits per heavy atom. The number of piperidine rings is 1. The highest BCUT2D eigenvalue weighted by Gasteiger charge is 2.18. The second-order valence-electron chi connectivity index (χ2n) is 7.28. The topological polar surface area (TPSA) is 79.7 Å². The third-order valence-corrected chi connectivity index (χ3v) is 5.21. The highest BCUT2D eigenvalue weighted by Crippen LogP contribution is 2.27. The van der Waals surface area contributed by atoms with E-state index < -0.39 is 0 Å². The predicted molar refractivity (Wildman–Crippen MR) is 123 cm³/mol. The Hall–Kier alpha value is -3.52. The first-order valence-electron chi connectivity index (χ1n) is 10.1. The van der Waals surface area contributed by atoms with E-state index in [4.69, 9.17) is 4.98 Å². The molecule has 31 heavy (non-hydrogen) atoms. The summed E-state index contributed by atoms with van der Waals surface area (Å²) in [5, 5.41) is 9.90. The predicted octanol–water partition coefficient (Wildman–Crippen LogP) is 4.50. The van der Waals surface area contributed by atoms with E-state index in [1.165, 1.54) is 6.07 Å². The van der Waals surface area contributed by atoms with Gasteiger partial charge in [-0.25, -0.2) is 14.4 Å². The molecule has 2 aromatic carbocycles. The summed E-state index contributed by atoms with van der Waals surface area (Å²) in [6.45, 7) is 1.97. The fraction of sp³-hybridized carbons (Fsp3) is 0.261. The maximum atomic E-state index is 14.2. The van der Waals surface area contributed by atoms with Crippen molar-refractivity contribution in [3.63, 3.8) is 0 Å². The van der Waals surface area contributed by atoms with Crippen LogP contribution in [0.15, 0.2) is 60.8 Å². The van der Waals surface area contributed by atoms with Crippen LogP contribution in [0.2, 0.25) is 0 Å². The SMILES string of the molecule is C.Fc1ccccc1Nc1nc2cnc(NC3CCNCC3)nc2n1-c1ccccc1. The average molecular weight is 420 g/mol. The highest BCUT2D eigenvalue weighted by atomic mass is 19.1. The lowest BCUT2D eigenvalue weighted by atomic mass is 10.1. The van der Waals surface area contributed by atoms with Crippen molar-refractivity contribution in [1.29, 1.82) is 0 Å². The number of hydrogen-bond acceptors (Lipinski definition) is 6. The van der Waals surface area contributed by atoms with Gasteiger partial charge in [0.1, 0.15) is 11.3 Å². The van der Waals surface area contributed by atoms with Crippen LogP contribution in [0, 0.1) is 5.82 Å². The number of rotatable bonds is 5. The van der Waals surface area contributed by atoms with Crippen molar-refractivity contribution in [3.8, 4) is 5.69 Å². The van der Waals surface area contributed by atoms with Crippen LogP contribution in [0.25, 0.3) is 16.9 Å². The van der Waals surface area contributed by atoms with Gasteiger partial charge < -0.3 is 16.0 Å². The molecular weight excluding hydrogens is 393 g/mol. The van der Waals surface area contributed by atoms with Gasteiger partial charge in [-0.05, 0) is 50.2 Å². The Morgan fingerprint density at radius 2 is 1.71 bits per heavy atom. The molecule has 0 unspecified atom stereocenters. The summed E-state index contributed by atoms with van der Waals surface area (Å²) in [5.74, 6) is 0.710. The van der Waals surface area contributed by atoms with E-state index in [-0.39, 0.29) is 13.2 Å². The number of fused-ring (bicyclic) bond motifs is 1. The zero-order valence-corrected chi connectivity index (χ0v) is 16.3. The molecule has 8 heteroatoms. The molecule has 1 saturated heterocycles. The zero-order valence-electron chi connectivity index (χ0n) is 16.3. The van der Waals surface area contributed by atoms with Gasteiger partial charge >= 0.3 is 0 Å². The van der Waals surface area contributed by atoms with Gasteiger partial charge in [0.15, 0.2) is 5.65 Å². The summed E-state index contributed by atoms with van der Waals surface area (Å²) >= 11 is 0. The van der Waals surface area contributed by atoms with Crippen LogP contribution >= 0.6 is 0 Å². The molecule has 3 heterocycles. The molecule has 1 aliphatic heterocycles. The Bertz CT molecular complexity index is 1150. The van der Waals surface area contributed by atoms with Gasteiger partial charge in [-0.15, -0.1) is 0 Å². The lowest BCUT2D eigenvalue weighted by molar-refractivity contribution is 0.477. The lowest BCUT2D eigenvalue weighted by Crippen LogP contribution is -2.35. The molecule has 0 atom stereocenters. The molecule has 2 aromatic heterocycles. The third-order valence-electron chi connectivity index (χ3n) is 5.21. The van der Waals surface area contributed by atoms with Crippen molar-refractivity contribution in [2.45, 2.75) is 26.3 Å². The van der Waals surface area contributed by atoms with E-state index in [0.29, 0.717) is 34.8 Å². The van der Waals surface area contributed by atoms with Gasteiger partial charge in [-0.3, -0.25) is 4.57 Å². The van der Waals surface area contributed by atoms with Crippen molar-refractivity contribution < 1.29 is 4.39 Å². The molecule has 160 valence electrons. The number of aromatic nitrogens is 4. The van der Waals surface area contributed by atoms with E-state index in [1.807, 2.05) is 34.9 Å². The van der Waals surface area contributed by atoms with Gasteiger partial charge in [-0.2, -0.15) is 4.98 Å².